The van der Waals surface area contributed by atoms with Crippen LogP contribution in [-0.4, -0.2) is 27.9 Å². The molecular weight excluding hydrogens is 428 g/mol. The smallest absolute Gasteiger partial charge is 0.257 e. The van der Waals surface area contributed by atoms with Crippen LogP contribution in [0.2, 0.25) is 5.02 Å². The Hall–Kier alpha value is -3.42. The molecule has 0 aliphatic rings. The van der Waals surface area contributed by atoms with Crippen molar-refractivity contribution in [2.75, 3.05) is 11.1 Å². The number of aromatic nitrogens is 1. The van der Waals surface area contributed by atoms with Crippen LogP contribution >= 0.6 is 11.6 Å². The molecule has 3 aromatic rings. The van der Waals surface area contributed by atoms with Gasteiger partial charge in [0.15, 0.2) is 6.10 Å². The molecule has 1 aromatic heterocycles. The topological polar surface area (TPSA) is 117 Å². The summed E-state index contributed by atoms with van der Waals surface area (Å²) in [7, 11) is 0. The number of aryl methyl sites for hydroxylation is 1. The van der Waals surface area contributed by atoms with E-state index in [9.17, 15) is 14.7 Å². The lowest BCUT2D eigenvalue weighted by Crippen LogP contribution is -2.30. The fraction of sp³-hybridized carbons (Fsp3) is 0.208. The summed E-state index contributed by atoms with van der Waals surface area (Å²) < 4.78 is 0. The summed E-state index contributed by atoms with van der Waals surface area (Å²) in [6.45, 7) is 5.59. The minimum absolute atomic E-state index is 0.0489. The molecule has 0 saturated carbocycles. The Morgan fingerprint density at radius 3 is 2.53 bits per heavy atom. The van der Waals surface area contributed by atoms with Gasteiger partial charge in [-0.1, -0.05) is 47.5 Å². The molecule has 1 heterocycles. The first-order valence-corrected chi connectivity index (χ1v) is 10.5. The van der Waals surface area contributed by atoms with Crippen LogP contribution in [0.15, 0.2) is 54.7 Å². The van der Waals surface area contributed by atoms with Gasteiger partial charge in [-0.05, 0) is 44.5 Å². The number of hydrogen-bond acceptors (Lipinski definition) is 5. The number of nitrogens with zero attached hydrogens (tertiary/aromatic N) is 1. The van der Waals surface area contributed by atoms with Gasteiger partial charge in [-0.25, -0.2) is 4.98 Å². The second-order valence-electron chi connectivity index (χ2n) is 7.79. The zero-order valence-corrected chi connectivity index (χ0v) is 18.8. The van der Waals surface area contributed by atoms with Crippen molar-refractivity contribution >= 4 is 34.9 Å². The van der Waals surface area contributed by atoms with E-state index >= 15 is 0 Å². The number of nitrogen functional groups attached to an aromatic ring is 1. The number of carbonyl (C=O) groups is 2. The standard InChI is InChI=1S/C24H25ClN4O3/c1-13(2)28-23(31)19-10-16(12-27-22(19)26)18-8-7-17(11-20(18)25)29-24(32)21(30)15-6-4-5-14(3)9-15/h4-13,21,30H,1-3H3,(H2,26,27)(H,28,31)(H,29,32)/t21-/m0/s1. The zero-order chi connectivity index (χ0) is 23.4. The van der Waals surface area contributed by atoms with Crippen LogP contribution in [-0.2, 0) is 4.79 Å². The average molecular weight is 453 g/mol. The first-order valence-electron chi connectivity index (χ1n) is 10.1. The van der Waals surface area contributed by atoms with Crippen LogP contribution < -0.4 is 16.4 Å². The predicted molar refractivity (Wildman–Crippen MR) is 126 cm³/mol. The minimum Gasteiger partial charge on any atom is -0.383 e. The Morgan fingerprint density at radius 1 is 1.12 bits per heavy atom. The van der Waals surface area contributed by atoms with Gasteiger partial charge in [0.1, 0.15) is 5.82 Å². The van der Waals surface area contributed by atoms with E-state index < -0.39 is 12.0 Å². The van der Waals surface area contributed by atoms with Crippen molar-refractivity contribution in [3.8, 4) is 11.1 Å². The second-order valence-corrected chi connectivity index (χ2v) is 8.19. The van der Waals surface area contributed by atoms with Gasteiger partial charge in [0, 0.05) is 29.1 Å². The molecule has 3 rings (SSSR count). The first-order chi connectivity index (χ1) is 15.2. The zero-order valence-electron chi connectivity index (χ0n) is 18.0. The van der Waals surface area contributed by atoms with Crippen LogP contribution in [0.3, 0.4) is 0 Å². The molecule has 0 saturated heterocycles. The highest BCUT2D eigenvalue weighted by molar-refractivity contribution is 6.33. The Balaban J connectivity index is 1.81. The molecule has 32 heavy (non-hydrogen) atoms. The first kappa shape index (κ1) is 23.2. The third-order valence-corrected chi connectivity index (χ3v) is 5.05. The molecule has 1 atom stereocenters. The van der Waals surface area contributed by atoms with Gasteiger partial charge >= 0.3 is 0 Å². The largest absolute Gasteiger partial charge is 0.383 e. The summed E-state index contributed by atoms with van der Waals surface area (Å²) in [4.78, 5) is 29.0. The van der Waals surface area contributed by atoms with Crippen molar-refractivity contribution in [1.29, 1.82) is 0 Å². The van der Waals surface area contributed by atoms with Gasteiger partial charge in [-0.3, -0.25) is 9.59 Å². The monoisotopic (exact) mass is 452 g/mol. The van der Waals surface area contributed by atoms with E-state index in [-0.39, 0.29) is 23.3 Å². The Bertz CT molecular complexity index is 1160. The molecular formula is C24H25ClN4O3. The van der Waals surface area contributed by atoms with E-state index in [1.165, 1.54) is 6.20 Å². The lowest BCUT2D eigenvalue weighted by Gasteiger charge is -2.14. The minimum atomic E-state index is -1.31. The highest BCUT2D eigenvalue weighted by Crippen LogP contribution is 2.31. The number of nitrogens with one attached hydrogen (secondary N) is 2. The van der Waals surface area contributed by atoms with E-state index in [0.717, 1.165) is 5.56 Å². The van der Waals surface area contributed by atoms with Gasteiger partial charge in [0.2, 0.25) is 0 Å². The van der Waals surface area contributed by atoms with Crippen molar-refractivity contribution in [1.82, 2.24) is 10.3 Å². The molecule has 2 aromatic carbocycles. The number of aliphatic hydroxyl groups excluding tert-OH is 1. The molecule has 0 fully saturated rings. The molecule has 0 radical (unpaired) electrons. The Labute approximate surface area is 191 Å². The van der Waals surface area contributed by atoms with Crippen molar-refractivity contribution in [3.05, 3.63) is 76.4 Å². The number of rotatable bonds is 6. The maximum atomic E-state index is 12.5. The second kappa shape index (κ2) is 9.80. The molecule has 8 heteroatoms. The number of amides is 2. The number of carbonyl (C=O) groups excluding carboxylic acids is 2. The Kier molecular flexibility index (Phi) is 7.12. The number of pyridine rings is 1. The van der Waals surface area contributed by atoms with Crippen LogP contribution in [0.25, 0.3) is 11.1 Å². The molecule has 2 amide bonds. The summed E-state index contributed by atoms with van der Waals surface area (Å²) in [6, 6.07) is 13.6. The number of anilines is 2. The fourth-order valence-corrected chi connectivity index (χ4v) is 3.46. The predicted octanol–water partition coefficient (Wildman–Crippen LogP) is 4.10. The number of nitrogens with two attached hydrogens (primary N) is 1. The number of halogens is 1. The van der Waals surface area contributed by atoms with Gasteiger partial charge in [0.05, 0.1) is 10.6 Å². The van der Waals surface area contributed by atoms with Gasteiger partial charge in [-0.2, -0.15) is 0 Å². The van der Waals surface area contributed by atoms with Gasteiger partial charge in [-0.15, -0.1) is 0 Å². The molecule has 7 nitrogen and oxygen atoms in total. The summed E-state index contributed by atoms with van der Waals surface area (Å²) in [5.74, 6) is -0.768. The molecule has 0 bridgehead atoms. The number of benzene rings is 2. The normalized spacial score (nSPS) is 11.8. The number of hydrogen-bond donors (Lipinski definition) is 4. The van der Waals surface area contributed by atoms with Crippen LogP contribution in [0.4, 0.5) is 11.5 Å². The third kappa shape index (κ3) is 5.43. The van der Waals surface area contributed by atoms with Crippen LogP contribution in [0, 0.1) is 6.92 Å². The lowest BCUT2D eigenvalue weighted by molar-refractivity contribution is -0.124. The summed E-state index contributed by atoms with van der Waals surface area (Å²) >= 11 is 6.45. The molecule has 0 aliphatic carbocycles. The van der Waals surface area contributed by atoms with Crippen molar-refractivity contribution in [2.24, 2.45) is 0 Å². The van der Waals surface area contributed by atoms with Crippen LogP contribution in [0.5, 0.6) is 0 Å². The van der Waals surface area contributed by atoms with Gasteiger partial charge < -0.3 is 21.5 Å². The van der Waals surface area contributed by atoms with E-state index in [2.05, 4.69) is 15.6 Å². The van der Waals surface area contributed by atoms with Crippen LogP contribution in [0.1, 0.15) is 41.4 Å². The van der Waals surface area contributed by atoms with Crippen molar-refractivity contribution in [2.45, 2.75) is 32.9 Å². The van der Waals surface area contributed by atoms with E-state index in [0.29, 0.717) is 27.4 Å². The highest BCUT2D eigenvalue weighted by atomic mass is 35.5. The van der Waals surface area contributed by atoms with Crippen molar-refractivity contribution < 1.29 is 14.7 Å². The van der Waals surface area contributed by atoms with E-state index in [4.69, 9.17) is 17.3 Å². The maximum absolute atomic E-state index is 12.5. The summed E-state index contributed by atoms with van der Waals surface area (Å²) in [5.41, 5.74) is 9.23. The lowest BCUT2D eigenvalue weighted by atomic mass is 10.0. The molecule has 0 spiro atoms. The maximum Gasteiger partial charge on any atom is 0.257 e. The third-order valence-electron chi connectivity index (χ3n) is 4.74. The fourth-order valence-electron chi connectivity index (χ4n) is 3.17. The summed E-state index contributed by atoms with van der Waals surface area (Å²) in [6.07, 6.45) is 0.222. The number of aliphatic hydroxyl groups is 1. The van der Waals surface area contributed by atoms with E-state index in [1.54, 1.807) is 42.5 Å². The average Bonchev–Trinajstić information content (AvgIpc) is 2.73. The Morgan fingerprint density at radius 2 is 1.88 bits per heavy atom. The summed E-state index contributed by atoms with van der Waals surface area (Å²) in [5, 5.41) is 16.1. The quantitative estimate of drug-likeness (QED) is 0.449. The molecule has 166 valence electrons. The highest BCUT2D eigenvalue weighted by Gasteiger charge is 2.19. The SMILES string of the molecule is Cc1cccc([C@H](O)C(=O)Nc2ccc(-c3cnc(N)c(C(=O)NC(C)C)c3)c(Cl)c2)c1. The van der Waals surface area contributed by atoms with Gasteiger partial charge in [0.25, 0.3) is 11.8 Å². The molecule has 0 aliphatic heterocycles. The molecule has 5 N–H and O–H groups in total. The van der Waals surface area contributed by atoms with E-state index in [1.807, 2.05) is 26.8 Å². The molecule has 0 unspecified atom stereocenters. The van der Waals surface area contributed by atoms with Crippen molar-refractivity contribution in [3.63, 3.8) is 0 Å².